The van der Waals surface area contributed by atoms with E-state index in [1.54, 1.807) is 38.5 Å². The summed E-state index contributed by atoms with van der Waals surface area (Å²) in [5.41, 5.74) is 2.36. The average Bonchev–Trinajstić information content (AvgIpc) is 3.29. The molecule has 158 valence electrons. The molecule has 0 bridgehead atoms. The van der Waals surface area contributed by atoms with Crippen molar-refractivity contribution in [2.45, 2.75) is 6.04 Å². The van der Waals surface area contributed by atoms with Gasteiger partial charge in [-0.2, -0.15) is 0 Å². The van der Waals surface area contributed by atoms with Gasteiger partial charge in [-0.15, -0.1) is 10.2 Å². The summed E-state index contributed by atoms with van der Waals surface area (Å²) >= 11 is 12.4. The van der Waals surface area contributed by atoms with Crippen molar-refractivity contribution in [1.82, 2.24) is 10.2 Å². The highest BCUT2D eigenvalue weighted by atomic mass is 35.5. The summed E-state index contributed by atoms with van der Waals surface area (Å²) in [6.45, 7) is 0. The van der Waals surface area contributed by atoms with Gasteiger partial charge in [0.2, 0.25) is 11.8 Å². The number of ether oxygens (including phenoxy) is 2. The molecule has 4 aromatic rings. The summed E-state index contributed by atoms with van der Waals surface area (Å²) in [6.07, 6.45) is 0. The van der Waals surface area contributed by atoms with E-state index in [2.05, 4.69) is 15.5 Å². The number of hydrogen-bond donors (Lipinski definition) is 1. The lowest BCUT2D eigenvalue weighted by Crippen LogP contribution is -2.13. The zero-order chi connectivity index (χ0) is 21.8. The van der Waals surface area contributed by atoms with Gasteiger partial charge in [-0.1, -0.05) is 53.5 Å². The standard InChI is InChI=1S/C23H19Cl2N3O3/c1-29-19-13-20(30-2)18(12-17(19)25)26-21(14-8-10-16(24)11-9-14)23-28-27-22(31-23)15-6-4-3-5-7-15/h3-13,21,26H,1-2H3/t21-/m1/s1. The monoisotopic (exact) mass is 455 g/mol. The van der Waals surface area contributed by atoms with Crippen LogP contribution in [0.5, 0.6) is 11.5 Å². The van der Waals surface area contributed by atoms with E-state index in [0.29, 0.717) is 39.0 Å². The van der Waals surface area contributed by atoms with Gasteiger partial charge in [-0.25, -0.2) is 0 Å². The van der Waals surface area contributed by atoms with Crippen molar-refractivity contribution in [2.75, 3.05) is 19.5 Å². The highest BCUT2D eigenvalue weighted by molar-refractivity contribution is 6.32. The molecular weight excluding hydrogens is 437 g/mol. The first-order chi connectivity index (χ1) is 15.1. The van der Waals surface area contributed by atoms with Gasteiger partial charge in [0, 0.05) is 16.7 Å². The van der Waals surface area contributed by atoms with Crippen LogP contribution in [0.3, 0.4) is 0 Å². The van der Waals surface area contributed by atoms with E-state index < -0.39 is 6.04 Å². The molecule has 1 atom stereocenters. The Balaban J connectivity index is 1.75. The van der Waals surface area contributed by atoms with Crippen LogP contribution in [0.15, 0.2) is 71.1 Å². The normalized spacial score (nSPS) is 11.7. The molecule has 0 amide bonds. The summed E-state index contributed by atoms with van der Waals surface area (Å²) in [4.78, 5) is 0. The Morgan fingerprint density at radius 3 is 2.26 bits per heavy atom. The summed E-state index contributed by atoms with van der Waals surface area (Å²) in [6, 6.07) is 20.0. The van der Waals surface area contributed by atoms with E-state index in [9.17, 15) is 0 Å². The van der Waals surface area contributed by atoms with Gasteiger partial charge in [0.15, 0.2) is 0 Å². The minimum atomic E-state index is -0.472. The van der Waals surface area contributed by atoms with Crippen LogP contribution < -0.4 is 14.8 Å². The number of methoxy groups -OCH3 is 2. The molecule has 0 fully saturated rings. The van der Waals surface area contributed by atoms with E-state index in [1.807, 2.05) is 42.5 Å². The second-order valence-electron chi connectivity index (χ2n) is 6.63. The number of anilines is 1. The second-order valence-corrected chi connectivity index (χ2v) is 7.47. The van der Waals surface area contributed by atoms with Gasteiger partial charge >= 0.3 is 0 Å². The van der Waals surface area contributed by atoms with Crippen LogP contribution in [0, 0.1) is 0 Å². The maximum Gasteiger partial charge on any atom is 0.247 e. The summed E-state index contributed by atoms with van der Waals surface area (Å²) in [5.74, 6) is 1.88. The third-order valence-corrected chi connectivity index (χ3v) is 5.23. The molecule has 0 aliphatic carbocycles. The topological polar surface area (TPSA) is 69.4 Å². The molecule has 1 heterocycles. The van der Waals surface area contributed by atoms with Crippen molar-refractivity contribution in [2.24, 2.45) is 0 Å². The molecular formula is C23H19Cl2N3O3. The highest BCUT2D eigenvalue weighted by Gasteiger charge is 2.23. The van der Waals surface area contributed by atoms with Crippen LogP contribution in [0.4, 0.5) is 5.69 Å². The number of rotatable bonds is 7. The fourth-order valence-corrected chi connectivity index (χ4v) is 3.49. The molecule has 8 heteroatoms. The fraction of sp³-hybridized carbons (Fsp3) is 0.130. The Bertz CT molecular complexity index is 1160. The Morgan fingerprint density at radius 2 is 1.58 bits per heavy atom. The summed E-state index contributed by atoms with van der Waals surface area (Å²) in [5, 5.41) is 13.0. The molecule has 1 N–H and O–H groups in total. The quantitative estimate of drug-likeness (QED) is 0.354. The minimum Gasteiger partial charge on any atom is -0.495 e. The zero-order valence-corrected chi connectivity index (χ0v) is 18.3. The lowest BCUT2D eigenvalue weighted by molar-refractivity contribution is 0.395. The molecule has 4 rings (SSSR count). The molecule has 0 spiro atoms. The van der Waals surface area contributed by atoms with Gasteiger partial charge in [0.1, 0.15) is 17.5 Å². The van der Waals surface area contributed by atoms with Crippen LogP contribution in [-0.2, 0) is 0 Å². The van der Waals surface area contributed by atoms with Gasteiger partial charge < -0.3 is 19.2 Å². The molecule has 0 saturated carbocycles. The fourth-order valence-electron chi connectivity index (χ4n) is 3.12. The number of benzene rings is 3. The number of halogens is 2. The van der Waals surface area contributed by atoms with Crippen LogP contribution in [-0.4, -0.2) is 24.4 Å². The van der Waals surface area contributed by atoms with Crippen LogP contribution in [0.2, 0.25) is 10.0 Å². The lowest BCUT2D eigenvalue weighted by atomic mass is 10.1. The Labute approximate surface area is 189 Å². The largest absolute Gasteiger partial charge is 0.495 e. The summed E-state index contributed by atoms with van der Waals surface area (Å²) in [7, 11) is 3.12. The van der Waals surface area contributed by atoms with E-state index in [1.165, 1.54) is 0 Å². The lowest BCUT2D eigenvalue weighted by Gasteiger charge is -2.20. The molecule has 0 radical (unpaired) electrons. The predicted molar refractivity (Wildman–Crippen MR) is 121 cm³/mol. The number of aromatic nitrogens is 2. The van der Waals surface area contributed by atoms with Gasteiger partial charge in [-0.05, 0) is 35.9 Å². The van der Waals surface area contributed by atoms with Crippen molar-refractivity contribution in [3.8, 4) is 23.0 Å². The first kappa shape index (κ1) is 21.0. The van der Waals surface area contributed by atoms with Crippen molar-refractivity contribution >= 4 is 28.9 Å². The Hall–Kier alpha value is -3.22. The van der Waals surface area contributed by atoms with Crippen LogP contribution >= 0.6 is 23.2 Å². The molecule has 31 heavy (non-hydrogen) atoms. The maximum atomic E-state index is 6.35. The molecule has 0 aliphatic heterocycles. The SMILES string of the molecule is COc1cc(OC)c(N[C@H](c2ccc(Cl)cc2)c2nnc(-c3ccccc3)o2)cc1Cl. The van der Waals surface area contributed by atoms with E-state index in [4.69, 9.17) is 37.1 Å². The van der Waals surface area contributed by atoms with Gasteiger partial charge in [0.25, 0.3) is 0 Å². The van der Waals surface area contributed by atoms with Gasteiger partial charge in [-0.3, -0.25) is 0 Å². The molecule has 0 unspecified atom stereocenters. The highest BCUT2D eigenvalue weighted by Crippen LogP contribution is 2.39. The molecule has 0 aliphatic rings. The first-order valence-electron chi connectivity index (χ1n) is 9.41. The number of hydrogen-bond acceptors (Lipinski definition) is 6. The minimum absolute atomic E-state index is 0.384. The Morgan fingerprint density at radius 1 is 0.871 bits per heavy atom. The second kappa shape index (κ2) is 9.29. The summed E-state index contributed by atoms with van der Waals surface area (Å²) < 4.78 is 16.8. The molecule has 0 saturated heterocycles. The number of nitrogens with zero attached hydrogens (tertiary/aromatic N) is 2. The predicted octanol–water partition coefficient (Wildman–Crippen LogP) is 6.26. The van der Waals surface area contributed by atoms with E-state index >= 15 is 0 Å². The van der Waals surface area contributed by atoms with E-state index in [-0.39, 0.29) is 0 Å². The Kier molecular flexibility index (Phi) is 6.30. The van der Waals surface area contributed by atoms with E-state index in [0.717, 1.165) is 11.1 Å². The van der Waals surface area contributed by atoms with Crippen LogP contribution in [0.1, 0.15) is 17.5 Å². The maximum absolute atomic E-state index is 6.35. The third-order valence-electron chi connectivity index (χ3n) is 4.69. The van der Waals surface area contributed by atoms with Crippen LogP contribution in [0.25, 0.3) is 11.5 Å². The van der Waals surface area contributed by atoms with Crippen molar-refractivity contribution in [3.63, 3.8) is 0 Å². The average molecular weight is 456 g/mol. The molecule has 3 aromatic carbocycles. The zero-order valence-electron chi connectivity index (χ0n) is 16.8. The van der Waals surface area contributed by atoms with Crippen molar-refractivity contribution in [1.29, 1.82) is 0 Å². The van der Waals surface area contributed by atoms with Crippen molar-refractivity contribution in [3.05, 3.63) is 88.2 Å². The molecule has 1 aromatic heterocycles. The third kappa shape index (κ3) is 4.60. The first-order valence-corrected chi connectivity index (χ1v) is 10.2. The van der Waals surface area contributed by atoms with Crippen molar-refractivity contribution < 1.29 is 13.9 Å². The van der Waals surface area contributed by atoms with Gasteiger partial charge in [0.05, 0.1) is 24.9 Å². The number of nitrogens with one attached hydrogen (secondary N) is 1. The molecule has 6 nitrogen and oxygen atoms in total. The smallest absolute Gasteiger partial charge is 0.247 e.